The maximum atomic E-state index is 6.08. The van der Waals surface area contributed by atoms with E-state index in [-0.39, 0.29) is 0 Å². The highest BCUT2D eigenvalue weighted by Crippen LogP contribution is 2.22. The zero-order chi connectivity index (χ0) is 14.1. The smallest absolute Gasteiger partial charge is 0.142 e. The standard InChI is InChI=1S/C15H21ClN4/c1-11-12-5-3-4-6-13(12)18-15(17-11)9-20-8-7-14(16)19(2)10-20/h7H,3-6,8-10H2,1-2H3. The minimum atomic E-state index is 0.791. The number of hydrogen-bond acceptors (Lipinski definition) is 4. The van der Waals surface area contributed by atoms with Crippen LogP contribution in [-0.2, 0) is 19.4 Å². The van der Waals surface area contributed by atoms with Crippen molar-refractivity contribution in [2.45, 2.75) is 39.2 Å². The highest BCUT2D eigenvalue weighted by molar-refractivity contribution is 6.29. The molecule has 1 aromatic heterocycles. The molecule has 0 aromatic carbocycles. The van der Waals surface area contributed by atoms with Crippen LogP contribution in [0.25, 0.3) is 0 Å². The maximum absolute atomic E-state index is 6.08. The Morgan fingerprint density at radius 3 is 2.85 bits per heavy atom. The largest absolute Gasteiger partial charge is 0.353 e. The molecule has 2 aliphatic rings. The summed E-state index contributed by atoms with van der Waals surface area (Å²) in [5, 5.41) is 0.823. The SMILES string of the molecule is Cc1nc(CN2CC=C(Cl)N(C)C2)nc2c1CCCC2. The summed E-state index contributed by atoms with van der Waals surface area (Å²) in [5.41, 5.74) is 3.83. The third-order valence-corrected chi connectivity index (χ3v) is 4.54. The third-order valence-electron chi connectivity index (χ3n) is 4.10. The molecule has 0 saturated heterocycles. The molecule has 0 bridgehead atoms. The Morgan fingerprint density at radius 2 is 2.05 bits per heavy atom. The molecule has 0 N–H and O–H groups in total. The van der Waals surface area contributed by atoms with E-state index in [1.165, 1.54) is 29.8 Å². The summed E-state index contributed by atoms with van der Waals surface area (Å²) in [6, 6.07) is 0. The van der Waals surface area contributed by atoms with Crippen LogP contribution in [0, 0.1) is 6.92 Å². The summed E-state index contributed by atoms with van der Waals surface area (Å²) in [6.07, 6.45) is 6.82. The Labute approximate surface area is 125 Å². The zero-order valence-corrected chi connectivity index (χ0v) is 12.9. The quantitative estimate of drug-likeness (QED) is 0.784. The minimum absolute atomic E-state index is 0.791. The number of fused-ring (bicyclic) bond motifs is 1. The zero-order valence-electron chi connectivity index (χ0n) is 12.2. The molecule has 0 saturated carbocycles. The molecular formula is C15H21ClN4. The van der Waals surface area contributed by atoms with E-state index in [9.17, 15) is 0 Å². The van der Waals surface area contributed by atoms with E-state index in [4.69, 9.17) is 21.6 Å². The number of aryl methyl sites for hydroxylation is 2. The molecule has 0 unspecified atom stereocenters. The number of halogens is 1. The lowest BCUT2D eigenvalue weighted by molar-refractivity contribution is 0.175. The normalized spacial score (nSPS) is 19.8. The van der Waals surface area contributed by atoms with Crippen molar-refractivity contribution in [2.24, 2.45) is 0 Å². The van der Waals surface area contributed by atoms with Crippen molar-refractivity contribution in [1.29, 1.82) is 0 Å². The van der Waals surface area contributed by atoms with E-state index in [0.717, 1.165) is 43.6 Å². The average Bonchev–Trinajstić information content (AvgIpc) is 2.43. The molecule has 0 radical (unpaired) electrons. The summed E-state index contributed by atoms with van der Waals surface area (Å²) in [6.45, 7) is 4.60. The molecule has 2 heterocycles. The summed E-state index contributed by atoms with van der Waals surface area (Å²) in [5.74, 6) is 0.947. The Balaban J connectivity index is 1.77. The van der Waals surface area contributed by atoms with Crippen molar-refractivity contribution in [3.8, 4) is 0 Å². The van der Waals surface area contributed by atoms with Crippen LogP contribution in [-0.4, -0.2) is 40.0 Å². The van der Waals surface area contributed by atoms with Gasteiger partial charge in [-0.25, -0.2) is 9.97 Å². The van der Waals surface area contributed by atoms with Gasteiger partial charge in [-0.05, 0) is 44.2 Å². The molecule has 0 atom stereocenters. The van der Waals surface area contributed by atoms with E-state index < -0.39 is 0 Å². The van der Waals surface area contributed by atoms with Crippen molar-refractivity contribution in [3.05, 3.63) is 34.0 Å². The summed E-state index contributed by atoms with van der Waals surface area (Å²) >= 11 is 6.08. The summed E-state index contributed by atoms with van der Waals surface area (Å²) in [7, 11) is 2.00. The van der Waals surface area contributed by atoms with Gasteiger partial charge >= 0.3 is 0 Å². The predicted octanol–water partition coefficient (Wildman–Crippen LogP) is 2.45. The predicted molar refractivity (Wildman–Crippen MR) is 80.4 cm³/mol. The Bertz CT molecular complexity index is 541. The van der Waals surface area contributed by atoms with Crippen LogP contribution >= 0.6 is 11.6 Å². The second kappa shape index (κ2) is 5.70. The Morgan fingerprint density at radius 1 is 1.25 bits per heavy atom. The van der Waals surface area contributed by atoms with Crippen molar-refractivity contribution >= 4 is 11.6 Å². The van der Waals surface area contributed by atoms with E-state index in [2.05, 4.69) is 11.8 Å². The van der Waals surface area contributed by atoms with Crippen LogP contribution < -0.4 is 0 Å². The van der Waals surface area contributed by atoms with Crippen LogP contribution in [0.15, 0.2) is 11.2 Å². The molecular weight excluding hydrogens is 272 g/mol. The molecule has 20 heavy (non-hydrogen) atoms. The first kappa shape index (κ1) is 13.8. The molecule has 1 aliphatic carbocycles. The molecule has 0 fully saturated rings. The molecule has 1 aliphatic heterocycles. The molecule has 5 heteroatoms. The van der Waals surface area contributed by atoms with Gasteiger partial charge in [0.25, 0.3) is 0 Å². The molecule has 0 spiro atoms. The van der Waals surface area contributed by atoms with Crippen molar-refractivity contribution in [3.63, 3.8) is 0 Å². The van der Waals surface area contributed by atoms with E-state index in [0.29, 0.717) is 0 Å². The number of hydrogen-bond donors (Lipinski definition) is 0. The molecule has 1 aromatic rings. The van der Waals surface area contributed by atoms with Gasteiger partial charge in [-0.15, -0.1) is 0 Å². The minimum Gasteiger partial charge on any atom is -0.353 e. The van der Waals surface area contributed by atoms with Gasteiger partial charge in [0, 0.05) is 25.0 Å². The Hall–Kier alpha value is -1.13. The monoisotopic (exact) mass is 292 g/mol. The van der Waals surface area contributed by atoms with Crippen LogP contribution in [0.5, 0.6) is 0 Å². The van der Waals surface area contributed by atoms with E-state index in [1.54, 1.807) is 0 Å². The summed E-state index contributed by atoms with van der Waals surface area (Å²) in [4.78, 5) is 13.8. The Kier molecular flexibility index (Phi) is 3.94. The van der Waals surface area contributed by atoms with Crippen LogP contribution in [0.2, 0.25) is 0 Å². The van der Waals surface area contributed by atoms with Gasteiger partial charge in [-0.1, -0.05) is 11.6 Å². The van der Waals surface area contributed by atoms with E-state index >= 15 is 0 Å². The molecule has 4 nitrogen and oxygen atoms in total. The highest BCUT2D eigenvalue weighted by Gasteiger charge is 2.19. The lowest BCUT2D eigenvalue weighted by atomic mass is 9.95. The highest BCUT2D eigenvalue weighted by atomic mass is 35.5. The molecule has 108 valence electrons. The lowest BCUT2D eigenvalue weighted by Crippen LogP contribution is -2.38. The van der Waals surface area contributed by atoms with Crippen molar-refractivity contribution in [2.75, 3.05) is 20.3 Å². The molecule has 0 amide bonds. The molecule has 3 rings (SSSR count). The fraction of sp³-hybridized carbons (Fsp3) is 0.600. The van der Waals surface area contributed by atoms with Gasteiger partial charge in [0.05, 0.1) is 13.2 Å². The maximum Gasteiger partial charge on any atom is 0.142 e. The first-order chi connectivity index (χ1) is 9.63. The van der Waals surface area contributed by atoms with Crippen LogP contribution in [0.3, 0.4) is 0 Å². The topological polar surface area (TPSA) is 32.3 Å². The van der Waals surface area contributed by atoms with Gasteiger partial charge in [-0.3, -0.25) is 4.90 Å². The van der Waals surface area contributed by atoms with Crippen molar-refractivity contribution in [1.82, 2.24) is 19.8 Å². The average molecular weight is 293 g/mol. The fourth-order valence-corrected chi connectivity index (χ4v) is 3.14. The van der Waals surface area contributed by atoms with Gasteiger partial charge in [-0.2, -0.15) is 0 Å². The second-order valence-electron chi connectivity index (χ2n) is 5.74. The van der Waals surface area contributed by atoms with Gasteiger partial charge < -0.3 is 4.90 Å². The van der Waals surface area contributed by atoms with Gasteiger partial charge in [0.1, 0.15) is 11.0 Å². The summed E-state index contributed by atoms with van der Waals surface area (Å²) < 4.78 is 0. The number of nitrogens with zero attached hydrogens (tertiary/aromatic N) is 4. The second-order valence-corrected chi connectivity index (χ2v) is 6.12. The third kappa shape index (κ3) is 2.81. The lowest BCUT2D eigenvalue weighted by Gasteiger charge is -2.32. The van der Waals surface area contributed by atoms with E-state index in [1.807, 2.05) is 18.0 Å². The van der Waals surface area contributed by atoms with Crippen molar-refractivity contribution < 1.29 is 0 Å². The first-order valence-corrected chi connectivity index (χ1v) is 7.65. The van der Waals surface area contributed by atoms with Crippen LogP contribution in [0.1, 0.15) is 35.6 Å². The number of rotatable bonds is 2. The fourth-order valence-electron chi connectivity index (χ4n) is 3.02. The number of aromatic nitrogens is 2. The van der Waals surface area contributed by atoms with Gasteiger partial charge in [0.15, 0.2) is 0 Å². The van der Waals surface area contributed by atoms with Gasteiger partial charge in [0.2, 0.25) is 0 Å². The van der Waals surface area contributed by atoms with Crippen LogP contribution in [0.4, 0.5) is 0 Å². The first-order valence-electron chi connectivity index (χ1n) is 7.28.